The first-order valence-corrected chi connectivity index (χ1v) is 4.20. The van der Waals surface area contributed by atoms with Crippen LogP contribution in [0.25, 0.3) is 11.4 Å². The number of aliphatic carboxylic acids is 1. The molecule has 0 saturated carbocycles. The summed E-state index contributed by atoms with van der Waals surface area (Å²) in [7, 11) is 0. The number of nitrogens with one attached hydrogen (secondary N) is 1. The molecule has 0 aliphatic heterocycles. The van der Waals surface area contributed by atoms with Crippen LogP contribution in [0.5, 0.6) is 0 Å². The third-order valence-corrected chi connectivity index (χ3v) is 1.81. The van der Waals surface area contributed by atoms with Crippen LogP contribution in [-0.2, 0) is 11.3 Å². The Morgan fingerprint density at radius 2 is 2.20 bits per heavy atom. The molecule has 2 N–H and O–H groups in total. The highest BCUT2D eigenvalue weighted by Gasteiger charge is 2.08. The van der Waals surface area contributed by atoms with Crippen molar-refractivity contribution in [3.63, 3.8) is 0 Å². The highest BCUT2D eigenvalue weighted by atomic mass is 16.4. The SMILES string of the molecule is O=C(O)C[n+]1ccc(-c2nn[nH]n2)cc1. The molecule has 0 aromatic carbocycles. The Bertz CT molecular complexity index is 450. The highest BCUT2D eigenvalue weighted by Crippen LogP contribution is 2.08. The van der Waals surface area contributed by atoms with E-state index in [0.717, 1.165) is 5.56 Å². The number of aromatic nitrogens is 5. The van der Waals surface area contributed by atoms with E-state index in [0.29, 0.717) is 5.82 Å². The summed E-state index contributed by atoms with van der Waals surface area (Å²) in [5.74, 6) is -0.398. The maximum atomic E-state index is 10.4. The van der Waals surface area contributed by atoms with Crippen molar-refractivity contribution in [2.24, 2.45) is 0 Å². The molecule has 2 aromatic rings. The molecule has 2 rings (SSSR count). The summed E-state index contributed by atoms with van der Waals surface area (Å²) in [4.78, 5) is 10.4. The number of nitrogens with zero attached hydrogens (tertiary/aromatic N) is 4. The second-order valence-corrected chi connectivity index (χ2v) is 2.89. The van der Waals surface area contributed by atoms with E-state index in [9.17, 15) is 4.79 Å². The molecule has 7 nitrogen and oxygen atoms in total. The van der Waals surface area contributed by atoms with Crippen molar-refractivity contribution >= 4 is 5.97 Å². The number of rotatable bonds is 3. The normalized spacial score (nSPS) is 10.1. The van der Waals surface area contributed by atoms with Crippen molar-refractivity contribution in [3.05, 3.63) is 24.5 Å². The molecule has 76 valence electrons. The van der Waals surface area contributed by atoms with Gasteiger partial charge < -0.3 is 5.11 Å². The lowest BCUT2D eigenvalue weighted by Crippen LogP contribution is -2.36. The molecular weight excluding hydrogens is 198 g/mol. The van der Waals surface area contributed by atoms with Crippen LogP contribution in [0.15, 0.2) is 24.5 Å². The Balaban J connectivity index is 2.21. The summed E-state index contributed by atoms with van der Waals surface area (Å²) in [5.41, 5.74) is 0.783. The molecule has 2 aromatic heterocycles. The van der Waals surface area contributed by atoms with Crippen LogP contribution in [0, 0.1) is 0 Å². The van der Waals surface area contributed by atoms with Crippen molar-refractivity contribution in [1.82, 2.24) is 20.6 Å². The predicted molar refractivity (Wildman–Crippen MR) is 47.4 cm³/mol. The molecule has 0 spiro atoms. The zero-order chi connectivity index (χ0) is 10.7. The molecule has 0 radical (unpaired) electrons. The lowest BCUT2D eigenvalue weighted by Gasteiger charge is -1.93. The highest BCUT2D eigenvalue weighted by molar-refractivity contribution is 5.64. The van der Waals surface area contributed by atoms with E-state index in [1.807, 2.05) is 0 Å². The number of pyridine rings is 1. The van der Waals surface area contributed by atoms with Gasteiger partial charge >= 0.3 is 5.97 Å². The lowest BCUT2D eigenvalue weighted by atomic mass is 10.2. The molecule has 0 bridgehead atoms. The van der Waals surface area contributed by atoms with Gasteiger partial charge in [-0.25, -0.2) is 4.79 Å². The molecule has 0 aliphatic carbocycles. The third kappa shape index (κ3) is 2.13. The van der Waals surface area contributed by atoms with Crippen LogP contribution in [-0.4, -0.2) is 31.7 Å². The Morgan fingerprint density at radius 1 is 1.47 bits per heavy atom. The lowest BCUT2D eigenvalue weighted by molar-refractivity contribution is -0.685. The van der Waals surface area contributed by atoms with Crippen molar-refractivity contribution in [1.29, 1.82) is 0 Å². The van der Waals surface area contributed by atoms with E-state index in [1.165, 1.54) is 0 Å². The molecule has 0 amide bonds. The number of tetrazole rings is 1. The molecule has 15 heavy (non-hydrogen) atoms. The van der Waals surface area contributed by atoms with Gasteiger partial charge in [0, 0.05) is 17.7 Å². The number of aromatic amines is 1. The van der Waals surface area contributed by atoms with E-state index < -0.39 is 5.97 Å². The minimum absolute atomic E-state index is 0.0630. The Kier molecular flexibility index (Phi) is 2.36. The Morgan fingerprint density at radius 3 is 2.73 bits per heavy atom. The maximum absolute atomic E-state index is 10.4. The molecule has 2 heterocycles. The first-order chi connectivity index (χ1) is 7.25. The summed E-state index contributed by atoms with van der Waals surface area (Å²) in [6, 6.07) is 3.46. The third-order valence-electron chi connectivity index (χ3n) is 1.81. The van der Waals surface area contributed by atoms with Crippen LogP contribution in [0.3, 0.4) is 0 Å². The fraction of sp³-hybridized carbons (Fsp3) is 0.125. The number of hydrogen-bond donors (Lipinski definition) is 2. The van der Waals surface area contributed by atoms with E-state index in [2.05, 4.69) is 20.6 Å². The molecule has 0 unspecified atom stereocenters. The van der Waals surface area contributed by atoms with Gasteiger partial charge in [-0.05, 0) is 5.21 Å². The monoisotopic (exact) mass is 206 g/mol. The van der Waals surface area contributed by atoms with E-state index >= 15 is 0 Å². The molecule has 0 atom stereocenters. The minimum atomic E-state index is -0.882. The van der Waals surface area contributed by atoms with Gasteiger partial charge in [0.25, 0.3) is 0 Å². The van der Waals surface area contributed by atoms with Crippen LogP contribution < -0.4 is 4.57 Å². The zero-order valence-corrected chi connectivity index (χ0v) is 7.66. The largest absolute Gasteiger partial charge is 0.477 e. The summed E-state index contributed by atoms with van der Waals surface area (Å²) in [6.07, 6.45) is 3.31. The maximum Gasteiger partial charge on any atom is 0.370 e. The first-order valence-electron chi connectivity index (χ1n) is 4.20. The number of carboxylic acids is 1. The molecule has 0 fully saturated rings. The quantitative estimate of drug-likeness (QED) is 0.643. The van der Waals surface area contributed by atoms with Gasteiger partial charge in [-0.15, -0.1) is 10.2 Å². The van der Waals surface area contributed by atoms with Crippen LogP contribution in [0.4, 0.5) is 0 Å². The van der Waals surface area contributed by atoms with Gasteiger partial charge in [0.05, 0.1) is 0 Å². The van der Waals surface area contributed by atoms with Gasteiger partial charge in [0.2, 0.25) is 12.4 Å². The smallest absolute Gasteiger partial charge is 0.370 e. The number of hydrogen-bond acceptors (Lipinski definition) is 4. The number of carbonyl (C=O) groups is 1. The molecule has 0 saturated heterocycles. The van der Waals surface area contributed by atoms with Crippen molar-refractivity contribution in [3.8, 4) is 11.4 Å². The minimum Gasteiger partial charge on any atom is -0.477 e. The fourth-order valence-electron chi connectivity index (χ4n) is 1.15. The van der Waals surface area contributed by atoms with Crippen molar-refractivity contribution in [2.45, 2.75) is 6.54 Å². The van der Waals surface area contributed by atoms with Crippen molar-refractivity contribution < 1.29 is 14.5 Å². The summed E-state index contributed by atoms with van der Waals surface area (Å²) < 4.78 is 1.55. The fourth-order valence-corrected chi connectivity index (χ4v) is 1.15. The standard InChI is InChI=1S/C8H7N5O2/c14-7(15)5-13-3-1-6(2-4-13)8-9-11-12-10-8/h1-4H,5H2,(H,14,15)/p+1. The topological polar surface area (TPSA) is 95.6 Å². The van der Waals surface area contributed by atoms with Gasteiger partial charge in [0.15, 0.2) is 12.4 Å². The number of carboxylic acid groups (broad SMARTS) is 1. The predicted octanol–water partition coefficient (Wildman–Crippen LogP) is -0.761. The molecule has 0 aliphatic rings. The van der Waals surface area contributed by atoms with Gasteiger partial charge in [0.1, 0.15) is 0 Å². The van der Waals surface area contributed by atoms with Crippen LogP contribution >= 0.6 is 0 Å². The van der Waals surface area contributed by atoms with Crippen molar-refractivity contribution in [2.75, 3.05) is 0 Å². The van der Waals surface area contributed by atoms with E-state index in [4.69, 9.17) is 5.11 Å². The molecule has 7 heteroatoms. The van der Waals surface area contributed by atoms with Gasteiger partial charge in [-0.3, -0.25) is 0 Å². The van der Waals surface area contributed by atoms with Gasteiger partial charge in [-0.1, -0.05) is 0 Å². The summed E-state index contributed by atoms with van der Waals surface area (Å²) in [5, 5.41) is 21.9. The summed E-state index contributed by atoms with van der Waals surface area (Å²) >= 11 is 0. The van der Waals surface area contributed by atoms with Gasteiger partial charge in [-0.2, -0.15) is 9.78 Å². The van der Waals surface area contributed by atoms with E-state index in [1.54, 1.807) is 29.1 Å². The Labute approximate surface area is 84.4 Å². The zero-order valence-electron chi connectivity index (χ0n) is 7.66. The average molecular weight is 206 g/mol. The summed E-state index contributed by atoms with van der Waals surface area (Å²) in [6.45, 7) is -0.0630. The first kappa shape index (κ1) is 9.25. The van der Waals surface area contributed by atoms with E-state index in [-0.39, 0.29) is 6.54 Å². The second kappa shape index (κ2) is 3.82. The second-order valence-electron chi connectivity index (χ2n) is 2.89. The number of H-pyrrole nitrogens is 1. The average Bonchev–Trinajstić information content (AvgIpc) is 2.71. The van der Waals surface area contributed by atoms with Crippen LogP contribution in [0.2, 0.25) is 0 Å². The Hall–Kier alpha value is -2.31. The molecular formula is C8H8N5O2+. The van der Waals surface area contributed by atoms with Crippen LogP contribution in [0.1, 0.15) is 0 Å².